The van der Waals surface area contributed by atoms with Gasteiger partial charge in [-0.25, -0.2) is 0 Å². The number of hydrogen-bond donors (Lipinski definition) is 3. The highest BCUT2D eigenvalue weighted by Crippen LogP contribution is 2.22. The maximum absolute atomic E-state index is 12.1. The molecule has 4 heteroatoms. The summed E-state index contributed by atoms with van der Waals surface area (Å²) >= 11 is 0. The van der Waals surface area contributed by atoms with E-state index in [9.17, 15) is 4.79 Å². The fraction of sp³-hybridized carbons (Fsp3) is 0.923. The molecule has 0 bridgehead atoms. The fourth-order valence-corrected chi connectivity index (χ4v) is 2.20. The largest absolute Gasteiger partial charge is 0.396 e. The minimum absolute atomic E-state index is 0.0208. The maximum Gasteiger partial charge on any atom is 0.237 e. The first-order valence-corrected chi connectivity index (χ1v) is 6.60. The van der Waals surface area contributed by atoms with Gasteiger partial charge in [-0.1, -0.05) is 27.2 Å². The van der Waals surface area contributed by atoms with E-state index in [0.29, 0.717) is 6.42 Å². The molecule has 3 N–H and O–H groups in total. The molecule has 1 unspecified atom stereocenters. The zero-order valence-electron chi connectivity index (χ0n) is 11.3. The van der Waals surface area contributed by atoms with E-state index in [-0.39, 0.29) is 30.0 Å². The van der Waals surface area contributed by atoms with Gasteiger partial charge in [0.15, 0.2) is 0 Å². The predicted octanol–water partition coefficient (Wildman–Crippen LogP) is 1.04. The van der Waals surface area contributed by atoms with Crippen LogP contribution in [0.15, 0.2) is 0 Å². The van der Waals surface area contributed by atoms with Gasteiger partial charge < -0.3 is 15.7 Å². The lowest BCUT2D eigenvalue weighted by atomic mass is 9.84. The number of amides is 1. The highest BCUT2D eigenvalue weighted by atomic mass is 16.3. The van der Waals surface area contributed by atoms with E-state index in [4.69, 9.17) is 5.11 Å². The van der Waals surface area contributed by atoms with Crippen LogP contribution in [-0.4, -0.2) is 36.2 Å². The summed E-state index contributed by atoms with van der Waals surface area (Å²) in [5.41, 5.74) is -0.0208. The molecule has 100 valence electrons. The number of hydrogen-bond acceptors (Lipinski definition) is 3. The number of aliphatic hydroxyl groups is 1. The summed E-state index contributed by atoms with van der Waals surface area (Å²) in [4.78, 5) is 12.1. The SMILES string of the molecule is CC(C)(C)C(CCO)NC(=O)[C@@H]1CCCCN1. The number of piperidine rings is 1. The van der Waals surface area contributed by atoms with Crippen molar-refractivity contribution in [1.29, 1.82) is 0 Å². The molecule has 1 aliphatic heterocycles. The van der Waals surface area contributed by atoms with Crippen molar-refractivity contribution < 1.29 is 9.90 Å². The molecule has 0 spiro atoms. The number of carbonyl (C=O) groups is 1. The van der Waals surface area contributed by atoms with Gasteiger partial charge in [0.2, 0.25) is 5.91 Å². The summed E-state index contributed by atoms with van der Waals surface area (Å²) in [6.07, 6.45) is 3.80. The minimum atomic E-state index is -0.0488. The first-order chi connectivity index (χ1) is 7.95. The van der Waals surface area contributed by atoms with Crippen molar-refractivity contribution in [3.8, 4) is 0 Å². The average Bonchev–Trinajstić information content (AvgIpc) is 2.28. The Morgan fingerprint density at radius 2 is 2.18 bits per heavy atom. The Balaban J connectivity index is 2.51. The van der Waals surface area contributed by atoms with Crippen molar-refractivity contribution in [2.24, 2.45) is 5.41 Å². The van der Waals surface area contributed by atoms with Gasteiger partial charge in [-0.2, -0.15) is 0 Å². The van der Waals surface area contributed by atoms with E-state index >= 15 is 0 Å². The van der Waals surface area contributed by atoms with Gasteiger partial charge in [-0.3, -0.25) is 4.79 Å². The lowest BCUT2D eigenvalue weighted by Gasteiger charge is -2.33. The number of carbonyl (C=O) groups excluding carboxylic acids is 1. The highest BCUT2D eigenvalue weighted by Gasteiger charge is 2.28. The third-order valence-corrected chi connectivity index (χ3v) is 3.41. The van der Waals surface area contributed by atoms with Crippen molar-refractivity contribution in [2.45, 2.75) is 58.5 Å². The van der Waals surface area contributed by atoms with Gasteiger partial charge in [0.1, 0.15) is 0 Å². The standard InChI is InChI=1S/C13H26N2O2/c1-13(2,3)11(7-9-16)15-12(17)10-6-4-5-8-14-10/h10-11,14,16H,4-9H2,1-3H3,(H,15,17)/t10-,11?/m0/s1. The Hall–Kier alpha value is -0.610. The van der Waals surface area contributed by atoms with Gasteiger partial charge in [0.25, 0.3) is 0 Å². The molecule has 4 nitrogen and oxygen atoms in total. The van der Waals surface area contributed by atoms with Crippen LogP contribution in [0.4, 0.5) is 0 Å². The molecule has 1 amide bonds. The molecule has 0 aromatic rings. The van der Waals surface area contributed by atoms with Crippen LogP contribution in [0.5, 0.6) is 0 Å². The molecule has 1 fully saturated rings. The van der Waals surface area contributed by atoms with E-state index in [1.807, 2.05) is 0 Å². The first-order valence-electron chi connectivity index (χ1n) is 6.60. The summed E-state index contributed by atoms with van der Waals surface area (Å²) in [6.45, 7) is 7.30. The number of aliphatic hydroxyl groups excluding tert-OH is 1. The van der Waals surface area contributed by atoms with E-state index in [1.165, 1.54) is 0 Å². The quantitative estimate of drug-likeness (QED) is 0.690. The van der Waals surface area contributed by atoms with Crippen LogP contribution in [-0.2, 0) is 4.79 Å². The van der Waals surface area contributed by atoms with Crippen LogP contribution in [0.3, 0.4) is 0 Å². The Morgan fingerprint density at radius 1 is 1.47 bits per heavy atom. The Bertz CT molecular complexity index is 242. The van der Waals surface area contributed by atoms with Gasteiger partial charge in [0, 0.05) is 12.6 Å². The van der Waals surface area contributed by atoms with Crippen LogP contribution < -0.4 is 10.6 Å². The molecule has 0 saturated carbocycles. The zero-order chi connectivity index (χ0) is 12.9. The summed E-state index contributed by atoms with van der Waals surface area (Å²) in [5, 5.41) is 15.4. The monoisotopic (exact) mass is 242 g/mol. The van der Waals surface area contributed by atoms with Crippen LogP contribution >= 0.6 is 0 Å². The second-order valence-corrected chi connectivity index (χ2v) is 5.94. The highest BCUT2D eigenvalue weighted by molar-refractivity contribution is 5.82. The second kappa shape index (κ2) is 6.36. The lowest BCUT2D eigenvalue weighted by molar-refractivity contribution is -0.125. The van der Waals surface area contributed by atoms with Crippen molar-refractivity contribution in [3.63, 3.8) is 0 Å². The maximum atomic E-state index is 12.1. The summed E-state index contributed by atoms with van der Waals surface area (Å²) in [5.74, 6) is 0.0816. The van der Waals surface area contributed by atoms with Crippen LogP contribution in [0.25, 0.3) is 0 Å². The van der Waals surface area contributed by atoms with Gasteiger partial charge in [-0.05, 0) is 31.2 Å². The smallest absolute Gasteiger partial charge is 0.237 e. The van der Waals surface area contributed by atoms with Crippen molar-refractivity contribution in [2.75, 3.05) is 13.2 Å². The normalized spacial score (nSPS) is 23.2. The predicted molar refractivity (Wildman–Crippen MR) is 68.7 cm³/mol. The van der Waals surface area contributed by atoms with E-state index in [2.05, 4.69) is 31.4 Å². The van der Waals surface area contributed by atoms with Crippen molar-refractivity contribution in [3.05, 3.63) is 0 Å². The third kappa shape index (κ3) is 4.64. The minimum Gasteiger partial charge on any atom is -0.396 e. The molecule has 17 heavy (non-hydrogen) atoms. The topological polar surface area (TPSA) is 61.4 Å². The Labute approximate surface area is 104 Å². The van der Waals surface area contributed by atoms with E-state index in [0.717, 1.165) is 25.8 Å². The molecule has 1 rings (SSSR count). The molecule has 0 radical (unpaired) electrons. The van der Waals surface area contributed by atoms with Crippen molar-refractivity contribution >= 4 is 5.91 Å². The Kier molecular flexibility index (Phi) is 5.40. The van der Waals surface area contributed by atoms with Gasteiger partial charge >= 0.3 is 0 Å². The lowest BCUT2D eigenvalue weighted by Crippen LogP contribution is -2.52. The zero-order valence-corrected chi connectivity index (χ0v) is 11.3. The van der Waals surface area contributed by atoms with Crippen molar-refractivity contribution in [1.82, 2.24) is 10.6 Å². The summed E-state index contributed by atoms with van der Waals surface area (Å²) < 4.78 is 0. The van der Waals surface area contributed by atoms with Gasteiger partial charge in [-0.15, -0.1) is 0 Å². The van der Waals surface area contributed by atoms with Crippen LogP contribution in [0, 0.1) is 5.41 Å². The summed E-state index contributed by atoms with van der Waals surface area (Å²) in [6, 6.07) is -0.0176. The fourth-order valence-electron chi connectivity index (χ4n) is 2.20. The number of rotatable bonds is 4. The van der Waals surface area contributed by atoms with Crippen LogP contribution in [0.2, 0.25) is 0 Å². The molecule has 2 atom stereocenters. The first kappa shape index (κ1) is 14.5. The molecule has 0 aliphatic carbocycles. The average molecular weight is 242 g/mol. The summed E-state index contributed by atoms with van der Waals surface area (Å²) in [7, 11) is 0. The molecule has 0 aromatic heterocycles. The molecule has 1 aliphatic rings. The third-order valence-electron chi connectivity index (χ3n) is 3.41. The molecular weight excluding hydrogens is 216 g/mol. The molecule has 1 saturated heterocycles. The van der Waals surface area contributed by atoms with Gasteiger partial charge in [0.05, 0.1) is 6.04 Å². The molecule has 0 aromatic carbocycles. The van der Waals surface area contributed by atoms with Crippen LogP contribution in [0.1, 0.15) is 46.5 Å². The second-order valence-electron chi connectivity index (χ2n) is 5.94. The Morgan fingerprint density at radius 3 is 2.65 bits per heavy atom. The van der Waals surface area contributed by atoms with E-state index in [1.54, 1.807) is 0 Å². The number of nitrogens with one attached hydrogen (secondary N) is 2. The molecule has 1 heterocycles. The molecular formula is C13H26N2O2. The van der Waals surface area contributed by atoms with E-state index < -0.39 is 0 Å².